The van der Waals surface area contributed by atoms with Gasteiger partial charge < -0.3 is 14.3 Å². The highest BCUT2D eigenvalue weighted by Crippen LogP contribution is 2.44. The van der Waals surface area contributed by atoms with E-state index in [1.54, 1.807) is 0 Å². The second-order valence-electron chi connectivity index (χ2n) is 6.55. The zero-order valence-electron chi connectivity index (χ0n) is 14.6. The Labute approximate surface area is 157 Å². The van der Waals surface area contributed by atoms with Crippen molar-refractivity contribution < 1.29 is 19.1 Å². The first-order chi connectivity index (χ1) is 13.2. The van der Waals surface area contributed by atoms with Crippen LogP contribution in [0.5, 0.6) is 0 Å². The van der Waals surface area contributed by atoms with Crippen LogP contribution >= 0.6 is 0 Å². The number of hydrogen-bond donors (Lipinski definition) is 0. The summed E-state index contributed by atoms with van der Waals surface area (Å²) in [5.74, 6) is -0.519. The average Bonchev–Trinajstić information content (AvgIpc) is 3.22. The smallest absolute Gasteiger partial charge is 0.413 e. The first kappa shape index (κ1) is 17.1. The highest BCUT2D eigenvalue weighted by atomic mass is 16.6. The number of rotatable bonds is 4. The minimum Gasteiger partial charge on any atom is -0.448 e. The van der Waals surface area contributed by atoms with Crippen LogP contribution in [0.15, 0.2) is 48.5 Å². The molecule has 0 bridgehead atoms. The van der Waals surface area contributed by atoms with Crippen molar-refractivity contribution >= 4 is 12.1 Å². The third-order valence-corrected chi connectivity index (χ3v) is 5.08. The molecule has 1 saturated heterocycles. The second kappa shape index (κ2) is 7.12. The summed E-state index contributed by atoms with van der Waals surface area (Å²) in [6, 6.07) is 15.5. The molecule has 0 aromatic heterocycles. The van der Waals surface area contributed by atoms with Crippen LogP contribution in [0.2, 0.25) is 0 Å². The Morgan fingerprint density at radius 3 is 2.41 bits per heavy atom. The number of carbonyl (C=O) groups excluding carboxylic acids is 2. The number of amides is 1. The maximum absolute atomic E-state index is 12.5. The van der Waals surface area contributed by atoms with Crippen LogP contribution in [0.3, 0.4) is 0 Å². The molecule has 2 aromatic carbocycles. The predicted molar refractivity (Wildman–Crippen MR) is 97.7 cm³/mol. The van der Waals surface area contributed by atoms with Gasteiger partial charge in [-0.2, -0.15) is 0 Å². The number of esters is 1. The topological polar surface area (TPSA) is 60.2 Å². The molecule has 1 aliphatic heterocycles. The van der Waals surface area contributed by atoms with Gasteiger partial charge in [-0.25, -0.2) is 16.2 Å². The van der Waals surface area contributed by atoms with E-state index in [1.165, 1.54) is 4.90 Å². The minimum absolute atomic E-state index is 0.0396. The highest BCUT2D eigenvalue weighted by Gasteiger charge is 2.40. The number of carbonyl (C=O) groups is 2. The fraction of sp³-hybridized carbons (Fsp3) is 0.286. The molecule has 136 valence electrons. The van der Waals surface area contributed by atoms with Crippen molar-refractivity contribution in [2.24, 2.45) is 0 Å². The maximum atomic E-state index is 12.5. The Balaban J connectivity index is 1.50. The highest BCUT2D eigenvalue weighted by molar-refractivity contribution is 5.84. The van der Waals surface area contributed by atoms with Gasteiger partial charge >= 0.3 is 12.1 Å². The quantitative estimate of drug-likeness (QED) is 0.618. The molecular formula is C21H18N2O4. The molecule has 1 fully saturated rings. The van der Waals surface area contributed by atoms with Crippen molar-refractivity contribution in [2.75, 3.05) is 19.9 Å². The summed E-state index contributed by atoms with van der Waals surface area (Å²) in [5, 5.41) is 0. The molecule has 4 rings (SSSR count). The van der Waals surface area contributed by atoms with Gasteiger partial charge in [-0.15, -0.1) is 0 Å². The monoisotopic (exact) mass is 362 g/mol. The van der Waals surface area contributed by atoms with Gasteiger partial charge in [-0.3, -0.25) is 4.90 Å². The first-order valence-electron chi connectivity index (χ1n) is 8.82. The second-order valence-corrected chi connectivity index (χ2v) is 6.55. The number of ether oxygens (including phenoxy) is 2. The van der Waals surface area contributed by atoms with Gasteiger partial charge in [0, 0.05) is 5.92 Å². The third-order valence-electron chi connectivity index (χ3n) is 5.08. The van der Waals surface area contributed by atoms with Crippen molar-refractivity contribution in [3.8, 4) is 11.1 Å². The number of hydrogen-bond acceptors (Lipinski definition) is 4. The molecular weight excluding hydrogens is 344 g/mol. The number of cyclic esters (lactones) is 1. The van der Waals surface area contributed by atoms with Crippen LogP contribution < -0.4 is 0 Å². The zero-order valence-corrected chi connectivity index (χ0v) is 14.6. The predicted octanol–water partition coefficient (Wildman–Crippen LogP) is 3.43. The van der Waals surface area contributed by atoms with E-state index in [4.69, 9.17) is 16.0 Å². The lowest BCUT2D eigenvalue weighted by molar-refractivity contribution is -0.139. The lowest BCUT2D eigenvalue weighted by Gasteiger charge is -2.20. The van der Waals surface area contributed by atoms with Crippen LogP contribution in [0, 0.1) is 6.57 Å². The molecule has 6 heteroatoms. The summed E-state index contributed by atoms with van der Waals surface area (Å²) in [6.45, 7) is 7.10. The van der Waals surface area contributed by atoms with Crippen molar-refractivity contribution in [1.82, 2.24) is 4.90 Å². The van der Waals surface area contributed by atoms with E-state index in [2.05, 4.69) is 29.1 Å². The summed E-state index contributed by atoms with van der Waals surface area (Å²) in [7, 11) is 0. The van der Waals surface area contributed by atoms with Crippen LogP contribution in [-0.4, -0.2) is 42.9 Å². The summed E-state index contributed by atoms with van der Waals surface area (Å²) < 4.78 is 10.5. The van der Waals surface area contributed by atoms with Gasteiger partial charge in [0.2, 0.25) is 6.54 Å². The Hall–Kier alpha value is -3.33. The van der Waals surface area contributed by atoms with Gasteiger partial charge in [-0.1, -0.05) is 48.5 Å². The van der Waals surface area contributed by atoms with Crippen LogP contribution in [0.1, 0.15) is 23.5 Å². The molecule has 1 amide bonds. The molecule has 27 heavy (non-hydrogen) atoms. The Bertz CT molecular complexity index is 888. The molecule has 2 aliphatic rings. The van der Waals surface area contributed by atoms with E-state index in [0.29, 0.717) is 0 Å². The molecule has 1 aliphatic carbocycles. The Morgan fingerprint density at radius 1 is 1.15 bits per heavy atom. The standard InChI is InChI=1S/C21H18N2O4/c1-22-11-10-19-20(24)27-13-23(19)21(25)26-12-18-16-8-4-2-6-14(16)15-7-3-5-9-17(15)18/h2-9,18-19H,10-13H2/t19-/m0/s1. The molecule has 2 aromatic rings. The SMILES string of the molecule is [C-]#[N+]CC[C@H]1C(=O)OCN1C(=O)OCC1c2ccccc2-c2ccccc21. The van der Waals surface area contributed by atoms with Crippen molar-refractivity contribution in [3.05, 3.63) is 71.1 Å². The van der Waals surface area contributed by atoms with Crippen LogP contribution in [0.4, 0.5) is 4.79 Å². The zero-order chi connectivity index (χ0) is 18.8. The molecule has 0 unspecified atom stereocenters. The molecule has 6 nitrogen and oxygen atoms in total. The lowest BCUT2D eigenvalue weighted by atomic mass is 9.98. The van der Waals surface area contributed by atoms with Crippen molar-refractivity contribution in [3.63, 3.8) is 0 Å². The summed E-state index contributed by atoms with van der Waals surface area (Å²) in [5.41, 5.74) is 4.57. The van der Waals surface area contributed by atoms with Crippen LogP contribution in [-0.2, 0) is 14.3 Å². The van der Waals surface area contributed by atoms with Gasteiger partial charge in [0.25, 0.3) is 0 Å². The lowest BCUT2D eigenvalue weighted by Crippen LogP contribution is -2.39. The van der Waals surface area contributed by atoms with E-state index in [1.807, 2.05) is 24.3 Å². The van der Waals surface area contributed by atoms with Gasteiger partial charge in [0.05, 0.1) is 6.42 Å². The van der Waals surface area contributed by atoms with E-state index in [9.17, 15) is 9.59 Å². The minimum atomic E-state index is -0.741. The summed E-state index contributed by atoms with van der Waals surface area (Å²) in [4.78, 5) is 28.9. The van der Waals surface area contributed by atoms with Gasteiger partial charge in [0.1, 0.15) is 12.6 Å². The van der Waals surface area contributed by atoms with E-state index in [0.717, 1.165) is 22.3 Å². The average molecular weight is 362 g/mol. The fourth-order valence-electron chi connectivity index (χ4n) is 3.76. The van der Waals surface area contributed by atoms with Crippen LogP contribution in [0.25, 0.3) is 16.0 Å². The number of nitrogens with zero attached hydrogens (tertiary/aromatic N) is 2. The third kappa shape index (κ3) is 3.02. The molecule has 1 atom stereocenters. The molecule has 1 heterocycles. The fourth-order valence-corrected chi connectivity index (χ4v) is 3.76. The van der Waals surface area contributed by atoms with Crippen molar-refractivity contribution in [1.29, 1.82) is 0 Å². The van der Waals surface area contributed by atoms with Crippen molar-refractivity contribution in [2.45, 2.75) is 18.4 Å². The van der Waals surface area contributed by atoms with E-state index < -0.39 is 18.1 Å². The first-order valence-corrected chi connectivity index (χ1v) is 8.82. The van der Waals surface area contributed by atoms with E-state index >= 15 is 0 Å². The number of fused-ring (bicyclic) bond motifs is 3. The summed E-state index contributed by atoms with van der Waals surface area (Å²) >= 11 is 0. The number of benzene rings is 2. The molecule has 0 radical (unpaired) electrons. The molecule has 0 saturated carbocycles. The Kier molecular flexibility index (Phi) is 4.51. The molecule has 0 spiro atoms. The van der Waals surface area contributed by atoms with Gasteiger partial charge in [-0.05, 0) is 22.3 Å². The van der Waals surface area contributed by atoms with Gasteiger partial charge in [0.15, 0.2) is 6.73 Å². The largest absolute Gasteiger partial charge is 0.448 e. The van der Waals surface area contributed by atoms with E-state index in [-0.39, 0.29) is 32.2 Å². The summed E-state index contributed by atoms with van der Waals surface area (Å²) in [6.07, 6.45) is -0.329. The Morgan fingerprint density at radius 2 is 1.78 bits per heavy atom. The maximum Gasteiger partial charge on any atom is 0.413 e. The normalized spacial score (nSPS) is 17.8. The molecule has 0 N–H and O–H groups in total.